The van der Waals surface area contributed by atoms with E-state index in [0.29, 0.717) is 15.7 Å². The van der Waals surface area contributed by atoms with Crippen molar-refractivity contribution in [3.8, 4) is 0 Å². The normalized spacial score (nSPS) is 36.3. The number of carbonyl (C=O) groups is 2. The number of piperidine rings is 1. The van der Waals surface area contributed by atoms with E-state index in [-0.39, 0.29) is 24.4 Å². The van der Waals surface area contributed by atoms with E-state index in [1.165, 1.54) is 18.3 Å². The molecule has 4 rings (SSSR count). The average Bonchev–Trinajstić information content (AvgIpc) is 3.04. The number of rotatable bonds is 2. The number of nitrogens with zero attached hydrogens (tertiary/aromatic N) is 2. The number of hydrogen-bond acceptors (Lipinski definition) is 4. The van der Waals surface area contributed by atoms with Crippen molar-refractivity contribution in [3.05, 3.63) is 30.6 Å². The van der Waals surface area contributed by atoms with Crippen molar-refractivity contribution in [1.29, 1.82) is 0 Å². The minimum Gasteiger partial charge on any atom is -0.368 e. The molecular weight excluding hydrogens is 292 g/mol. The van der Waals surface area contributed by atoms with Gasteiger partial charge in [-0.15, -0.1) is 0 Å². The SMILES string of the molecule is [2H]C1([2H])NC([2H])([2H])C([2H])([2H])N(c2cccc3cn(C4CCC(=O)NC4=O)cc23)C1([2H])[2H]. The van der Waals surface area contributed by atoms with Gasteiger partial charge in [0.05, 0.1) is 5.48 Å². The molecular formula is C17H20N4O2. The molecule has 3 heterocycles. The van der Waals surface area contributed by atoms with Gasteiger partial charge in [-0.3, -0.25) is 14.9 Å². The Kier molecular flexibility index (Phi) is 1.97. The van der Waals surface area contributed by atoms with Crippen LogP contribution >= 0.6 is 0 Å². The van der Waals surface area contributed by atoms with Crippen LogP contribution in [0.1, 0.15) is 29.8 Å². The predicted octanol–water partition coefficient (Wildman–Crippen LogP) is 1.03. The van der Waals surface area contributed by atoms with Crippen LogP contribution in [-0.4, -0.2) is 42.4 Å². The number of fused-ring (bicyclic) bond motifs is 1. The van der Waals surface area contributed by atoms with Gasteiger partial charge in [-0.05, 0) is 12.5 Å². The van der Waals surface area contributed by atoms with Gasteiger partial charge in [0.2, 0.25) is 11.8 Å². The topological polar surface area (TPSA) is 66.4 Å². The van der Waals surface area contributed by atoms with Crippen LogP contribution in [0.3, 0.4) is 0 Å². The molecule has 0 bridgehead atoms. The molecule has 0 aliphatic carbocycles. The fourth-order valence-corrected chi connectivity index (χ4v) is 2.86. The molecule has 2 N–H and O–H groups in total. The Labute approximate surface area is 145 Å². The number of anilines is 1. The third-order valence-corrected chi connectivity index (χ3v) is 3.95. The molecule has 2 saturated heterocycles. The first-order valence-corrected chi connectivity index (χ1v) is 7.23. The lowest BCUT2D eigenvalue weighted by Crippen LogP contribution is -2.43. The predicted molar refractivity (Wildman–Crippen MR) is 88.4 cm³/mol. The fraction of sp³-hybridized carbons (Fsp3) is 0.412. The molecule has 2 aliphatic rings. The van der Waals surface area contributed by atoms with Crippen LogP contribution < -0.4 is 15.5 Å². The third-order valence-electron chi connectivity index (χ3n) is 3.95. The Morgan fingerprint density at radius 3 is 2.78 bits per heavy atom. The highest BCUT2D eigenvalue weighted by Crippen LogP contribution is 2.30. The fourth-order valence-electron chi connectivity index (χ4n) is 2.86. The Morgan fingerprint density at radius 1 is 1.17 bits per heavy atom. The second-order valence-electron chi connectivity index (χ2n) is 5.39. The second kappa shape index (κ2) is 5.70. The molecule has 6 heteroatoms. The number of hydrogen-bond donors (Lipinski definition) is 2. The van der Waals surface area contributed by atoms with Gasteiger partial charge in [0.15, 0.2) is 0 Å². The Hall–Kier alpha value is -2.34. The smallest absolute Gasteiger partial charge is 0.249 e. The molecule has 6 nitrogen and oxygen atoms in total. The monoisotopic (exact) mass is 320 g/mol. The van der Waals surface area contributed by atoms with Crippen molar-refractivity contribution in [2.45, 2.75) is 18.9 Å². The molecule has 0 saturated carbocycles. The Bertz CT molecular complexity index is 1060. The summed E-state index contributed by atoms with van der Waals surface area (Å²) in [6.45, 7) is -11.8. The van der Waals surface area contributed by atoms with Crippen molar-refractivity contribution in [2.75, 3.05) is 30.9 Å². The van der Waals surface area contributed by atoms with Gasteiger partial charge in [0.1, 0.15) is 6.04 Å². The Balaban J connectivity index is 1.88. The molecule has 0 radical (unpaired) electrons. The first-order valence-electron chi connectivity index (χ1n) is 11.2. The van der Waals surface area contributed by atoms with E-state index in [4.69, 9.17) is 11.0 Å². The standard InChI is InChI=1S/C17H20N4O2/c22-16-5-4-15(17(23)19-16)21-10-12-2-1-3-14(13(12)11-21)20-8-6-18-7-9-20/h1-3,10-11,15,18H,4-9H2,(H,19,22,23)/i6D2,7D2,8D2,9D2. The summed E-state index contributed by atoms with van der Waals surface area (Å²) in [5.41, 5.74) is -0.0622. The van der Waals surface area contributed by atoms with Gasteiger partial charge in [0.25, 0.3) is 0 Å². The van der Waals surface area contributed by atoms with Gasteiger partial charge in [-0.2, -0.15) is 0 Å². The van der Waals surface area contributed by atoms with Crippen molar-refractivity contribution in [3.63, 3.8) is 0 Å². The summed E-state index contributed by atoms with van der Waals surface area (Å²) >= 11 is 0. The van der Waals surface area contributed by atoms with Gasteiger partial charge in [-0.25, -0.2) is 0 Å². The maximum Gasteiger partial charge on any atom is 0.249 e. The van der Waals surface area contributed by atoms with E-state index in [1.54, 1.807) is 16.8 Å². The van der Waals surface area contributed by atoms with Crippen molar-refractivity contribution >= 4 is 28.3 Å². The summed E-state index contributed by atoms with van der Waals surface area (Å²) in [4.78, 5) is 24.2. The Morgan fingerprint density at radius 2 is 2.00 bits per heavy atom. The zero-order valence-corrected chi connectivity index (χ0v) is 12.1. The summed E-state index contributed by atoms with van der Waals surface area (Å²) in [5, 5.41) is 4.91. The van der Waals surface area contributed by atoms with E-state index in [9.17, 15) is 9.59 Å². The maximum atomic E-state index is 12.3. The highest BCUT2D eigenvalue weighted by atomic mass is 16.2. The summed E-state index contributed by atoms with van der Waals surface area (Å²) < 4.78 is 66.9. The van der Waals surface area contributed by atoms with E-state index in [0.717, 1.165) is 0 Å². The molecule has 23 heavy (non-hydrogen) atoms. The van der Waals surface area contributed by atoms with Gasteiger partial charge in [0, 0.05) is 66.7 Å². The molecule has 2 aliphatic heterocycles. The molecule has 2 aromatic rings. The first-order chi connectivity index (χ1) is 14.2. The van der Waals surface area contributed by atoms with Crippen LogP contribution in [0.5, 0.6) is 0 Å². The number of imide groups is 1. The van der Waals surface area contributed by atoms with E-state index < -0.39 is 37.9 Å². The van der Waals surface area contributed by atoms with Crippen molar-refractivity contribution < 1.29 is 20.6 Å². The number of aromatic nitrogens is 1. The lowest BCUT2D eigenvalue weighted by Gasteiger charge is -2.30. The van der Waals surface area contributed by atoms with Crippen LogP contribution in [0.2, 0.25) is 0 Å². The second-order valence-corrected chi connectivity index (χ2v) is 5.39. The number of nitrogens with one attached hydrogen (secondary N) is 2. The third kappa shape index (κ3) is 2.59. The number of carbonyl (C=O) groups excluding carboxylic acids is 2. The highest BCUT2D eigenvalue weighted by Gasteiger charge is 2.28. The molecule has 1 atom stereocenters. The van der Waals surface area contributed by atoms with E-state index >= 15 is 0 Å². The maximum absolute atomic E-state index is 12.3. The summed E-state index contributed by atoms with van der Waals surface area (Å²) in [7, 11) is 0. The number of benzene rings is 1. The van der Waals surface area contributed by atoms with E-state index in [2.05, 4.69) is 5.32 Å². The molecule has 1 unspecified atom stereocenters. The minimum atomic E-state index is -2.97. The number of piperazine rings is 1. The summed E-state index contributed by atoms with van der Waals surface area (Å²) in [6, 6.07) is 3.88. The molecule has 2 fully saturated rings. The zero-order valence-electron chi connectivity index (χ0n) is 20.1. The number of amides is 2. The lowest BCUT2D eigenvalue weighted by atomic mass is 10.1. The largest absolute Gasteiger partial charge is 0.368 e. The molecule has 1 aromatic carbocycles. The first kappa shape index (κ1) is 7.97. The molecule has 2 amide bonds. The van der Waals surface area contributed by atoms with Crippen LogP contribution in [0.15, 0.2) is 30.6 Å². The van der Waals surface area contributed by atoms with E-state index in [1.807, 2.05) is 5.32 Å². The highest BCUT2D eigenvalue weighted by molar-refractivity contribution is 6.00. The van der Waals surface area contributed by atoms with Crippen LogP contribution in [0.4, 0.5) is 5.69 Å². The van der Waals surface area contributed by atoms with Gasteiger partial charge < -0.3 is 14.8 Å². The molecule has 0 spiro atoms. The van der Waals surface area contributed by atoms with Crippen LogP contribution in [-0.2, 0) is 9.59 Å². The van der Waals surface area contributed by atoms with Crippen LogP contribution in [0, 0.1) is 0 Å². The lowest BCUT2D eigenvalue weighted by molar-refractivity contribution is -0.135. The van der Waals surface area contributed by atoms with Crippen LogP contribution in [0.25, 0.3) is 10.8 Å². The van der Waals surface area contributed by atoms with Crippen molar-refractivity contribution in [1.82, 2.24) is 15.2 Å². The van der Waals surface area contributed by atoms with Crippen molar-refractivity contribution in [2.24, 2.45) is 0 Å². The average molecular weight is 320 g/mol. The minimum absolute atomic E-state index is 0.0622. The summed E-state index contributed by atoms with van der Waals surface area (Å²) in [6.07, 6.45) is 3.53. The summed E-state index contributed by atoms with van der Waals surface area (Å²) in [5.74, 6) is -0.857. The molecule has 120 valence electrons. The zero-order chi connectivity index (χ0) is 23.0. The van der Waals surface area contributed by atoms with Gasteiger partial charge in [-0.1, -0.05) is 12.1 Å². The quantitative estimate of drug-likeness (QED) is 0.811. The molecule has 1 aromatic heterocycles. The van der Waals surface area contributed by atoms with Gasteiger partial charge >= 0.3 is 0 Å².